The Bertz CT molecular complexity index is 701. The lowest BCUT2D eigenvalue weighted by Gasteiger charge is -2.10. The van der Waals surface area contributed by atoms with Gasteiger partial charge in [-0.2, -0.15) is 0 Å². The summed E-state index contributed by atoms with van der Waals surface area (Å²) in [5.41, 5.74) is 2.68. The monoisotopic (exact) mass is 425 g/mol. The SMILES string of the molecule is CCc1ccc(C(=O)NC(=S)Nc2ccc(I)c(C)n2)cc1. The molecule has 0 saturated carbocycles. The van der Waals surface area contributed by atoms with Crippen molar-refractivity contribution in [2.45, 2.75) is 20.3 Å². The molecule has 114 valence electrons. The van der Waals surface area contributed by atoms with Crippen molar-refractivity contribution in [2.75, 3.05) is 5.32 Å². The lowest BCUT2D eigenvalue weighted by atomic mass is 10.1. The van der Waals surface area contributed by atoms with E-state index in [9.17, 15) is 4.79 Å². The largest absolute Gasteiger partial charge is 0.317 e. The minimum Gasteiger partial charge on any atom is -0.317 e. The third kappa shape index (κ3) is 4.48. The van der Waals surface area contributed by atoms with Crippen LogP contribution < -0.4 is 10.6 Å². The topological polar surface area (TPSA) is 54.0 Å². The number of benzene rings is 1. The van der Waals surface area contributed by atoms with Crippen LogP contribution in [0.25, 0.3) is 0 Å². The van der Waals surface area contributed by atoms with E-state index >= 15 is 0 Å². The van der Waals surface area contributed by atoms with E-state index < -0.39 is 0 Å². The van der Waals surface area contributed by atoms with Crippen molar-refractivity contribution in [3.8, 4) is 0 Å². The van der Waals surface area contributed by atoms with Gasteiger partial charge in [0.15, 0.2) is 5.11 Å². The molecule has 0 fully saturated rings. The van der Waals surface area contributed by atoms with Gasteiger partial charge in [0.2, 0.25) is 0 Å². The van der Waals surface area contributed by atoms with Gasteiger partial charge in [-0.25, -0.2) is 4.98 Å². The van der Waals surface area contributed by atoms with Crippen LogP contribution in [0, 0.1) is 10.5 Å². The average molecular weight is 425 g/mol. The Morgan fingerprint density at radius 3 is 2.50 bits per heavy atom. The number of amides is 1. The molecule has 0 saturated heterocycles. The number of aryl methyl sites for hydroxylation is 2. The average Bonchev–Trinajstić information content (AvgIpc) is 2.51. The maximum atomic E-state index is 12.1. The fourth-order valence-electron chi connectivity index (χ4n) is 1.83. The quantitative estimate of drug-likeness (QED) is 0.582. The number of hydrogen-bond acceptors (Lipinski definition) is 3. The summed E-state index contributed by atoms with van der Waals surface area (Å²) < 4.78 is 1.08. The summed E-state index contributed by atoms with van der Waals surface area (Å²) in [5, 5.41) is 5.81. The van der Waals surface area contributed by atoms with Crippen molar-refractivity contribution in [3.05, 3.63) is 56.8 Å². The molecule has 0 bridgehead atoms. The highest BCUT2D eigenvalue weighted by atomic mass is 127. The molecule has 0 aliphatic heterocycles. The van der Waals surface area contributed by atoms with E-state index in [0.29, 0.717) is 11.4 Å². The van der Waals surface area contributed by atoms with Gasteiger partial charge in [0, 0.05) is 9.13 Å². The second-order valence-corrected chi connectivity index (χ2v) is 6.29. The van der Waals surface area contributed by atoms with E-state index in [1.807, 2.05) is 31.2 Å². The van der Waals surface area contributed by atoms with Crippen molar-refractivity contribution in [3.63, 3.8) is 0 Å². The zero-order valence-electron chi connectivity index (χ0n) is 12.3. The maximum absolute atomic E-state index is 12.1. The fourth-order valence-corrected chi connectivity index (χ4v) is 2.33. The number of rotatable bonds is 3. The van der Waals surface area contributed by atoms with Crippen molar-refractivity contribution in [2.24, 2.45) is 0 Å². The van der Waals surface area contributed by atoms with Gasteiger partial charge in [-0.3, -0.25) is 10.1 Å². The number of pyridine rings is 1. The Balaban J connectivity index is 1.98. The van der Waals surface area contributed by atoms with Gasteiger partial charge >= 0.3 is 0 Å². The van der Waals surface area contributed by atoms with Crippen LogP contribution in [-0.2, 0) is 6.42 Å². The predicted octanol–water partition coefficient (Wildman–Crippen LogP) is 3.68. The number of halogens is 1. The molecule has 1 heterocycles. The van der Waals surface area contributed by atoms with Gasteiger partial charge in [-0.15, -0.1) is 0 Å². The number of hydrogen-bond donors (Lipinski definition) is 2. The lowest BCUT2D eigenvalue weighted by molar-refractivity contribution is 0.0977. The van der Waals surface area contributed by atoms with Gasteiger partial charge in [0.1, 0.15) is 5.82 Å². The number of thiocarbonyl (C=S) groups is 1. The van der Waals surface area contributed by atoms with Crippen molar-refractivity contribution in [1.82, 2.24) is 10.3 Å². The van der Waals surface area contributed by atoms with Crippen molar-refractivity contribution < 1.29 is 4.79 Å². The molecule has 0 unspecified atom stereocenters. The molecular formula is C16H16IN3OS. The summed E-state index contributed by atoms with van der Waals surface area (Å²) in [6.07, 6.45) is 0.944. The zero-order chi connectivity index (χ0) is 16.1. The molecule has 6 heteroatoms. The van der Waals surface area contributed by atoms with E-state index in [2.05, 4.69) is 45.1 Å². The molecular weight excluding hydrogens is 409 g/mol. The molecule has 1 amide bonds. The van der Waals surface area contributed by atoms with Crippen LogP contribution in [0.5, 0.6) is 0 Å². The van der Waals surface area contributed by atoms with Crippen molar-refractivity contribution >= 4 is 51.6 Å². The molecule has 22 heavy (non-hydrogen) atoms. The van der Waals surface area contributed by atoms with Crippen LogP contribution in [-0.4, -0.2) is 16.0 Å². The maximum Gasteiger partial charge on any atom is 0.257 e. The first-order valence-electron chi connectivity index (χ1n) is 6.84. The van der Waals surface area contributed by atoms with E-state index in [-0.39, 0.29) is 11.0 Å². The van der Waals surface area contributed by atoms with Crippen LogP contribution >= 0.6 is 34.8 Å². The number of nitrogens with one attached hydrogen (secondary N) is 2. The predicted molar refractivity (Wildman–Crippen MR) is 101 cm³/mol. The summed E-state index contributed by atoms with van der Waals surface area (Å²) in [6, 6.07) is 11.2. The van der Waals surface area contributed by atoms with E-state index in [4.69, 9.17) is 12.2 Å². The van der Waals surface area contributed by atoms with E-state index in [1.54, 1.807) is 12.1 Å². The summed E-state index contributed by atoms with van der Waals surface area (Å²) in [4.78, 5) is 16.5. The Morgan fingerprint density at radius 1 is 1.23 bits per heavy atom. The number of aromatic nitrogens is 1. The molecule has 1 aromatic carbocycles. The molecule has 0 atom stereocenters. The summed E-state index contributed by atoms with van der Waals surface area (Å²) in [6.45, 7) is 3.99. The second-order valence-electron chi connectivity index (χ2n) is 4.72. The molecule has 2 rings (SSSR count). The lowest BCUT2D eigenvalue weighted by Crippen LogP contribution is -2.34. The molecule has 0 spiro atoms. The molecule has 1 aromatic heterocycles. The van der Waals surface area contributed by atoms with Crippen LogP contribution in [0.4, 0.5) is 5.82 Å². The van der Waals surface area contributed by atoms with Gasteiger partial charge in [0.25, 0.3) is 5.91 Å². The number of carbonyl (C=O) groups is 1. The van der Waals surface area contributed by atoms with Gasteiger partial charge in [-0.1, -0.05) is 19.1 Å². The first-order chi connectivity index (χ1) is 10.5. The van der Waals surface area contributed by atoms with Crippen LogP contribution in [0.1, 0.15) is 28.5 Å². The standard InChI is InChI=1S/C16H16IN3OS/c1-3-11-4-6-12(7-5-11)15(21)20-16(22)19-14-9-8-13(17)10(2)18-14/h4-9H,3H2,1-2H3,(H2,18,19,20,21,22). The third-order valence-corrected chi connectivity index (χ3v) is 4.46. The molecule has 4 nitrogen and oxygen atoms in total. The normalized spacial score (nSPS) is 10.1. The summed E-state index contributed by atoms with van der Waals surface area (Å²) >= 11 is 7.37. The third-order valence-electron chi connectivity index (χ3n) is 3.11. The molecule has 0 aliphatic rings. The number of nitrogens with zero attached hydrogens (tertiary/aromatic N) is 1. The Hall–Kier alpha value is -1.54. The second kappa shape index (κ2) is 7.64. The molecule has 0 aliphatic carbocycles. The van der Waals surface area contributed by atoms with Crippen LogP contribution in [0.15, 0.2) is 36.4 Å². The Morgan fingerprint density at radius 2 is 1.91 bits per heavy atom. The fraction of sp³-hybridized carbons (Fsp3) is 0.188. The number of anilines is 1. The highest BCUT2D eigenvalue weighted by Gasteiger charge is 2.08. The minimum atomic E-state index is -0.234. The van der Waals surface area contributed by atoms with E-state index in [1.165, 1.54) is 5.56 Å². The summed E-state index contributed by atoms with van der Waals surface area (Å²) in [5.74, 6) is 0.381. The first kappa shape index (κ1) is 16.8. The Kier molecular flexibility index (Phi) is 5.84. The van der Waals surface area contributed by atoms with E-state index in [0.717, 1.165) is 15.7 Å². The summed E-state index contributed by atoms with van der Waals surface area (Å²) in [7, 11) is 0. The zero-order valence-corrected chi connectivity index (χ0v) is 15.3. The van der Waals surface area contributed by atoms with Gasteiger partial charge in [0.05, 0.1) is 5.69 Å². The van der Waals surface area contributed by atoms with Crippen LogP contribution in [0.3, 0.4) is 0 Å². The molecule has 2 N–H and O–H groups in total. The number of carbonyl (C=O) groups excluding carboxylic acids is 1. The Labute approximate surface area is 148 Å². The highest BCUT2D eigenvalue weighted by Crippen LogP contribution is 2.12. The minimum absolute atomic E-state index is 0.234. The van der Waals surface area contributed by atoms with Crippen molar-refractivity contribution in [1.29, 1.82) is 0 Å². The molecule has 0 radical (unpaired) electrons. The van der Waals surface area contributed by atoms with Crippen LogP contribution in [0.2, 0.25) is 0 Å². The van der Waals surface area contributed by atoms with Gasteiger partial charge in [-0.05, 0) is 78.0 Å². The first-order valence-corrected chi connectivity index (χ1v) is 8.32. The molecule has 2 aromatic rings. The van der Waals surface area contributed by atoms with Gasteiger partial charge < -0.3 is 5.32 Å². The smallest absolute Gasteiger partial charge is 0.257 e. The highest BCUT2D eigenvalue weighted by molar-refractivity contribution is 14.1.